The van der Waals surface area contributed by atoms with E-state index in [1.165, 1.54) is 6.07 Å². The lowest BCUT2D eigenvalue weighted by molar-refractivity contribution is -0.123. The van der Waals surface area contributed by atoms with Gasteiger partial charge in [-0.05, 0) is 35.6 Å². The molecule has 1 fully saturated rings. The number of hydrogen-bond donors (Lipinski definition) is 2. The molecule has 0 saturated heterocycles. The average Bonchev–Trinajstić information content (AvgIpc) is 3.36. The number of halogens is 2. The van der Waals surface area contributed by atoms with Crippen molar-refractivity contribution in [3.63, 3.8) is 0 Å². The van der Waals surface area contributed by atoms with Crippen LogP contribution in [0.2, 0.25) is 0 Å². The second-order valence-corrected chi connectivity index (χ2v) is 5.78. The second-order valence-electron chi connectivity index (χ2n) is 5.78. The van der Waals surface area contributed by atoms with Gasteiger partial charge in [-0.2, -0.15) is 0 Å². The molecular formula is C18H17F2NO2. The van der Waals surface area contributed by atoms with E-state index in [0.717, 1.165) is 17.7 Å². The van der Waals surface area contributed by atoms with Crippen LogP contribution >= 0.6 is 0 Å². The summed E-state index contributed by atoms with van der Waals surface area (Å²) in [4.78, 5) is 12.3. The molecule has 0 spiro atoms. The number of amides is 1. The summed E-state index contributed by atoms with van der Waals surface area (Å²) in [6, 6.07) is 12.5. The number of aliphatic hydroxyl groups is 1. The van der Waals surface area contributed by atoms with Crippen LogP contribution in [0.5, 0.6) is 0 Å². The van der Waals surface area contributed by atoms with Gasteiger partial charge in [0.05, 0.1) is 12.6 Å². The van der Waals surface area contributed by atoms with E-state index in [2.05, 4.69) is 5.32 Å². The van der Waals surface area contributed by atoms with Gasteiger partial charge in [0.25, 0.3) is 0 Å². The largest absolute Gasteiger partial charge is 0.394 e. The van der Waals surface area contributed by atoms with Gasteiger partial charge in [0.2, 0.25) is 5.91 Å². The highest BCUT2D eigenvalue weighted by Gasteiger charge is 2.44. The standard InChI is InChI=1S/C18H17F2NO2/c19-15-7-6-12(8-16(15)20)13-9-14(13)18(23)21-17(10-22)11-4-2-1-3-5-11/h1-8,13-14,17,22H,9-10H2,(H,21,23)/t13-,14-,17-/m1/s1. The molecule has 2 aromatic carbocycles. The molecular weight excluding hydrogens is 300 g/mol. The van der Waals surface area contributed by atoms with Gasteiger partial charge in [0.1, 0.15) is 0 Å². The highest BCUT2D eigenvalue weighted by atomic mass is 19.2. The molecule has 3 atom stereocenters. The van der Waals surface area contributed by atoms with Crippen molar-refractivity contribution < 1.29 is 18.7 Å². The molecule has 0 aromatic heterocycles. The van der Waals surface area contributed by atoms with Crippen molar-refractivity contribution in [3.8, 4) is 0 Å². The van der Waals surface area contributed by atoms with E-state index in [9.17, 15) is 18.7 Å². The maximum absolute atomic E-state index is 13.3. The molecule has 0 radical (unpaired) electrons. The minimum absolute atomic E-state index is 0.0970. The monoisotopic (exact) mass is 317 g/mol. The van der Waals surface area contributed by atoms with E-state index < -0.39 is 17.7 Å². The van der Waals surface area contributed by atoms with Gasteiger partial charge in [-0.15, -0.1) is 0 Å². The molecule has 0 unspecified atom stereocenters. The Morgan fingerprint density at radius 3 is 2.57 bits per heavy atom. The summed E-state index contributed by atoms with van der Waals surface area (Å²) in [7, 11) is 0. The minimum Gasteiger partial charge on any atom is -0.394 e. The molecule has 0 aliphatic heterocycles. The highest BCUT2D eigenvalue weighted by molar-refractivity contribution is 5.83. The third-order valence-corrected chi connectivity index (χ3v) is 4.20. The Kier molecular flexibility index (Phi) is 4.39. The number of carbonyl (C=O) groups excluding carboxylic acids is 1. The van der Waals surface area contributed by atoms with Crippen molar-refractivity contribution in [1.29, 1.82) is 0 Å². The maximum atomic E-state index is 13.3. The molecule has 1 saturated carbocycles. The molecule has 120 valence electrons. The molecule has 3 nitrogen and oxygen atoms in total. The summed E-state index contributed by atoms with van der Waals surface area (Å²) in [6.07, 6.45) is 0.601. The summed E-state index contributed by atoms with van der Waals surface area (Å²) in [6.45, 7) is -0.196. The first-order valence-electron chi connectivity index (χ1n) is 7.51. The van der Waals surface area contributed by atoms with Gasteiger partial charge >= 0.3 is 0 Å². The fraction of sp³-hybridized carbons (Fsp3) is 0.278. The third kappa shape index (κ3) is 3.40. The average molecular weight is 317 g/mol. The van der Waals surface area contributed by atoms with Crippen LogP contribution < -0.4 is 5.32 Å². The fourth-order valence-corrected chi connectivity index (χ4v) is 2.79. The number of aliphatic hydroxyl groups excluding tert-OH is 1. The predicted octanol–water partition coefficient (Wildman–Crippen LogP) is 2.92. The summed E-state index contributed by atoms with van der Waals surface area (Å²) < 4.78 is 26.2. The number of nitrogens with one attached hydrogen (secondary N) is 1. The third-order valence-electron chi connectivity index (χ3n) is 4.20. The van der Waals surface area contributed by atoms with Crippen LogP contribution in [-0.2, 0) is 4.79 Å². The van der Waals surface area contributed by atoms with E-state index in [-0.39, 0.29) is 24.3 Å². The molecule has 23 heavy (non-hydrogen) atoms. The normalized spacial score (nSPS) is 20.8. The zero-order valence-corrected chi connectivity index (χ0v) is 12.4. The van der Waals surface area contributed by atoms with Crippen molar-refractivity contribution in [2.75, 3.05) is 6.61 Å². The Morgan fingerprint density at radius 2 is 1.91 bits per heavy atom. The first-order chi connectivity index (χ1) is 11.1. The molecule has 0 bridgehead atoms. The lowest BCUT2D eigenvalue weighted by Crippen LogP contribution is -2.32. The van der Waals surface area contributed by atoms with E-state index >= 15 is 0 Å². The van der Waals surface area contributed by atoms with Crippen molar-refractivity contribution >= 4 is 5.91 Å². The number of benzene rings is 2. The van der Waals surface area contributed by atoms with Crippen molar-refractivity contribution in [3.05, 3.63) is 71.3 Å². The first kappa shape index (κ1) is 15.6. The quantitative estimate of drug-likeness (QED) is 0.891. The van der Waals surface area contributed by atoms with Crippen LogP contribution in [0.25, 0.3) is 0 Å². The molecule has 1 aliphatic carbocycles. The molecule has 5 heteroatoms. The fourth-order valence-electron chi connectivity index (χ4n) is 2.79. The topological polar surface area (TPSA) is 49.3 Å². The summed E-state index contributed by atoms with van der Waals surface area (Å²) in [5, 5.41) is 12.3. The van der Waals surface area contributed by atoms with Crippen LogP contribution in [0.15, 0.2) is 48.5 Å². The molecule has 2 N–H and O–H groups in total. The zero-order chi connectivity index (χ0) is 16.4. The zero-order valence-electron chi connectivity index (χ0n) is 12.4. The number of carbonyl (C=O) groups is 1. The highest BCUT2D eigenvalue weighted by Crippen LogP contribution is 2.48. The summed E-state index contributed by atoms with van der Waals surface area (Å²) in [5.41, 5.74) is 1.46. The Balaban J connectivity index is 1.64. The number of rotatable bonds is 5. The van der Waals surface area contributed by atoms with Crippen LogP contribution in [0.4, 0.5) is 8.78 Å². The first-order valence-corrected chi connectivity index (χ1v) is 7.51. The minimum atomic E-state index is -0.897. The van der Waals surface area contributed by atoms with Crippen molar-refractivity contribution in [2.45, 2.75) is 18.4 Å². The van der Waals surface area contributed by atoms with Crippen molar-refractivity contribution in [2.24, 2.45) is 5.92 Å². The molecule has 1 aliphatic rings. The molecule has 2 aromatic rings. The smallest absolute Gasteiger partial charge is 0.224 e. The molecule has 0 heterocycles. The lowest BCUT2D eigenvalue weighted by Gasteiger charge is -2.16. The van der Waals surface area contributed by atoms with Gasteiger partial charge in [-0.1, -0.05) is 36.4 Å². The van der Waals surface area contributed by atoms with Crippen LogP contribution in [-0.4, -0.2) is 17.6 Å². The van der Waals surface area contributed by atoms with E-state index in [1.54, 1.807) is 0 Å². The van der Waals surface area contributed by atoms with Gasteiger partial charge in [0, 0.05) is 5.92 Å². The number of hydrogen-bond acceptors (Lipinski definition) is 2. The van der Waals surface area contributed by atoms with Crippen molar-refractivity contribution in [1.82, 2.24) is 5.32 Å². The Labute approximate surface area is 133 Å². The molecule has 1 amide bonds. The van der Waals surface area contributed by atoms with E-state index in [4.69, 9.17) is 0 Å². The van der Waals surface area contributed by atoms with Crippen LogP contribution in [0, 0.1) is 17.6 Å². The summed E-state index contributed by atoms with van der Waals surface area (Å²) in [5.74, 6) is -2.33. The SMILES string of the molecule is O=C(N[C@H](CO)c1ccccc1)[C@@H]1C[C@@H]1c1ccc(F)c(F)c1. The van der Waals surface area contributed by atoms with Gasteiger partial charge in [-0.25, -0.2) is 8.78 Å². The Bertz CT molecular complexity index is 705. The van der Waals surface area contributed by atoms with E-state index in [1.807, 2.05) is 30.3 Å². The van der Waals surface area contributed by atoms with Crippen LogP contribution in [0.1, 0.15) is 29.5 Å². The predicted molar refractivity (Wildman–Crippen MR) is 81.6 cm³/mol. The van der Waals surface area contributed by atoms with Gasteiger partial charge < -0.3 is 10.4 Å². The Morgan fingerprint density at radius 1 is 1.17 bits per heavy atom. The van der Waals surface area contributed by atoms with Crippen LogP contribution in [0.3, 0.4) is 0 Å². The van der Waals surface area contributed by atoms with E-state index in [0.29, 0.717) is 12.0 Å². The summed E-state index contributed by atoms with van der Waals surface area (Å²) >= 11 is 0. The lowest BCUT2D eigenvalue weighted by atomic mass is 10.1. The van der Waals surface area contributed by atoms with Gasteiger partial charge in [0.15, 0.2) is 11.6 Å². The maximum Gasteiger partial charge on any atom is 0.224 e. The van der Waals surface area contributed by atoms with Gasteiger partial charge in [-0.3, -0.25) is 4.79 Å². The second kappa shape index (κ2) is 6.46. The molecule has 3 rings (SSSR count). The Hall–Kier alpha value is -2.27.